The van der Waals surface area contributed by atoms with E-state index in [0.29, 0.717) is 17.3 Å². The average Bonchev–Trinajstić information content (AvgIpc) is 2.97. The molecule has 0 aromatic carbocycles. The van der Waals surface area contributed by atoms with E-state index in [4.69, 9.17) is 4.74 Å². The Morgan fingerprint density at radius 2 is 1.73 bits per heavy atom. The van der Waals surface area contributed by atoms with Gasteiger partial charge in [-0.3, -0.25) is 4.79 Å². The van der Waals surface area contributed by atoms with Crippen LogP contribution in [-0.4, -0.2) is 13.1 Å². The normalized spacial score (nSPS) is 47.6. The van der Waals surface area contributed by atoms with Crippen LogP contribution in [0, 0.1) is 40.4 Å². The third-order valence-electron chi connectivity index (χ3n) is 9.94. The highest BCUT2D eigenvalue weighted by molar-refractivity contribution is 5.68. The fourth-order valence-corrected chi connectivity index (χ4v) is 8.47. The van der Waals surface area contributed by atoms with Crippen LogP contribution in [0.4, 0.5) is 0 Å². The molecular weight excluding hydrogens is 320 g/mol. The van der Waals surface area contributed by atoms with Gasteiger partial charge < -0.3 is 4.74 Å². The largest absolute Gasteiger partial charge is 0.469 e. The van der Waals surface area contributed by atoms with Crippen LogP contribution in [0.5, 0.6) is 0 Å². The van der Waals surface area contributed by atoms with Gasteiger partial charge in [0.2, 0.25) is 0 Å². The summed E-state index contributed by atoms with van der Waals surface area (Å²) in [5, 5.41) is 0. The van der Waals surface area contributed by atoms with Gasteiger partial charge in [0, 0.05) is 6.42 Å². The van der Waals surface area contributed by atoms with Gasteiger partial charge in [0.1, 0.15) is 0 Å². The van der Waals surface area contributed by atoms with Crippen molar-refractivity contribution in [2.24, 2.45) is 40.4 Å². The maximum Gasteiger partial charge on any atom is 0.305 e. The summed E-state index contributed by atoms with van der Waals surface area (Å²) in [7, 11) is 1.51. The molecule has 5 unspecified atom stereocenters. The summed E-state index contributed by atoms with van der Waals surface area (Å²) in [6.45, 7) is 5.30. The summed E-state index contributed by atoms with van der Waals surface area (Å²) in [5.41, 5.74) is 1.21. The highest BCUT2D eigenvalue weighted by atomic mass is 16.5. The van der Waals surface area contributed by atoms with Crippen LogP contribution < -0.4 is 0 Å². The number of carbonyl (C=O) groups is 1. The van der Waals surface area contributed by atoms with Gasteiger partial charge in [-0.05, 0) is 105 Å². The molecule has 0 radical (unpaired) electrons. The molecule has 0 saturated heterocycles. The summed E-state index contributed by atoms with van der Waals surface area (Å²) in [5.74, 6) is 4.81. The molecule has 4 fully saturated rings. The van der Waals surface area contributed by atoms with Crippen LogP contribution in [0.15, 0.2) is 0 Å². The second kappa shape index (κ2) is 7.13. The van der Waals surface area contributed by atoms with Crippen molar-refractivity contribution >= 4 is 5.97 Å². The fourth-order valence-electron chi connectivity index (χ4n) is 8.47. The lowest BCUT2D eigenvalue weighted by Crippen LogP contribution is -2.52. The topological polar surface area (TPSA) is 26.3 Å². The van der Waals surface area contributed by atoms with Crippen molar-refractivity contribution in [3.63, 3.8) is 0 Å². The van der Waals surface area contributed by atoms with Crippen molar-refractivity contribution in [2.75, 3.05) is 7.11 Å². The Bertz CT molecular complexity index is 528. The Kier molecular flexibility index (Phi) is 5.16. The van der Waals surface area contributed by atoms with Crippen LogP contribution in [0.3, 0.4) is 0 Å². The Balaban J connectivity index is 1.45. The van der Waals surface area contributed by atoms with Gasteiger partial charge in [-0.15, -0.1) is 0 Å². The Morgan fingerprint density at radius 1 is 0.923 bits per heavy atom. The van der Waals surface area contributed by atoms with Gasteiger partial charge in [-0.1, -0.05) is 26.7 Å². The molecule has 0 aromatic rings. The van der Waals surface area contributed by atoms with Crippen molar-refractivity contribution in [1.29, 1.82) is 0 Å². The molecule has 0 heterocycles. The van der Waals surface area contributed by atoms with E-state index in [1.807, 2.05) is 0 Å². The molecule has 0 bridgehead atoms. The molecule has 4 saturated carbocycles. The molecule has 4 aliphatic rings. The first-order valence-electron chi connectivity index (χ1n) is 11.6. The molecule has 2 nitrogen and oxygen atoms in total. The predicted molar refractivity (Wildman–Crippen MR) is 106 cm³/mol. The minimum atomic E-state index is -0.0306. The summed E-state index contributed by atoms with van der Waals surface area (Å²) in [6.07, 6.45) is 17.7. The SMILES string of the molecule is COC(=O)CCC[C@H]1CCC2C3CCC4CCCCC4(C)C3CC[C@@]21C. The third-order valence-corrected chi connectivity index (χ3v) is 9.94. The Labute approximate surface area is 160 Å². The fraction of sp³-hybridized carbons (Fsp3) is 0.958. The van der Waals surface area contributed by atoms with Gasteiger partial charge in [0.05, 0.1) is 7.11 Å². The van der Waals surface area contributed by atoms with E-state index in [2.05, 4.69) is 13.8 Å². The van der Waals surface area contributed by atoms with Crippen molar-refractivity contribution < 1.29 is 9.53 Å². The van der Waals surface area contributed by atoms with E-state index >= 15 is 0 Å². The zero-order valence-corrected chi connectivity index (χ0v) is 17.4. The highest BCUT2D eigenvalue weighted by Gasteiger charge is 2.59. The molecule has 0 N–H and O–H groups in total. The number of ether oxygens (including phenoxy) is 1. The second-order valence-electron chi connectivity index (χ2n) is 10.7. The zero-order chi connectivity index (χ0) is 18.4. The van der Waals surface area contributed by atoms with Crippen molar-refractivity contribution in [3.05, 3.63) is 0 Å². The van der Waals surface area contributed by atoms with E-state index in [1.54, 1.807) is 0 Å². The maximum atomic E-state index is 11.5. The smallest absolute Gasteiger partial charge is 0.305 e. The number of rotatable bonds is 4. The van der Waals surface area contributed by atoms with Gasteiger partial charge in [0.15, 0.2) is 0 Å². The molecule has 2 heteroatoms. The van der Waals surface area contributed by atoms with Crippen molar-refractivity contribution in [3.8, 4) is 0 Å². The molecule has 0 amide bonds. The maximum absolute atomic E-state index is 11.5. The van der Waals surface area contributed by atoms with E-state index in [0.717, 1.165) is 36.0 Å². The standard InChI is InChI=1S/C24H40O2/c1-23-15-5-4-7-17(23)10-12-19-20-13-11-18(8-6-9-22(25)26-3)24(20,2)16-14-21(19)23/h17-21H,4-16H2,1-3H3/t17?,18-,19?,20?,21?,23?,24+/m0/s1. The highest BCUT2D eigenvalue weighted by Crippen LogP contribution is 2.67. The average molecular weight is 361 g/mol. The second-order valence-corrected chi connectivity index (χ2v) is 10.7. The van der Waals surface area contributed by atoms with Crippen LogP contribution in [0.25, 0.3) is 0 Å². The van der Waals surface area contributed by atoms with Gasteiger partial charge >= 0.3 is 5.97 Å². The van der Waals surface area contributed by atoms with E-state index in [9.17, 15) is 4.79 Å². The molecule has 26 heavy (non-hydrogen) atoms. The number of carbonyl (C=O) groups excluding carboxylic acids is 1. The quantitative estimate of drug-likeness (QED) is 0.544. The molecule has 148 valence electrons. The van der Waals surface area contributed by atoms with E-state index in [1.165, 1.54) is 77.7 Å². The van der Waals surface area contributed by atoms with Gasteiger partial charge in [-0.2, -0.15) is 0 Å². The zero-order valence-electron chi connectivity index (χ0n) is 17.4. The monoisotopic (exact) mass is 360 g/mol. The van der Waals surface area contributed by atoms with Gasteiger partial charge in [-0.25, -0.2) is 0 Å². The first-order valence-corrected chi connectivity index (χ1v) is 11.6. The number of methoxy groups -OCH3 is 1. The first kappa shape index (κ1) is 18.8. The van der Waals surface area contributed by atoms with Gasteiger partial charge in [0.25, 0.3) is 0 Å². The lowest BCUT2D eigenvalue weighted by Gasteiger charge is -2.60. The summed E-state index contributed by atoms with van der Waals surface area (Å²) >= 11 is 0. The molecule has 0 spiro atoms. The van der Waals surface area contributed by atoms with Crippen LogP contribution in [0.1, 0.15) is 97.3 Å². The summed E-state index contributed by atoms with van der Waals surface area (Å²) < 4.78 is 4.84. The van der Waals surface area contributed by atoms with Crippen molar-refractivity contribution in [2.45, 2.75) is 97.3 Å². The van der Waals surface area contributed by atoms with Crippen LogP contribution in [0.2, 0.25) is 0 Å². The number of hydrogen-bond donors (Lipinski definition) is 0. The molecule has 4 aliphatic carbocycles. The minimum absolute atomic E-state index is 0.0306. The van der Waals surface area contributed by atoms with Crippen LogP contribution in [-0.2, 0) is 9.53 Å². The lowest BCUT2D eigenvalue weighted by molar-refractivity contribution is -0.140. The predicted octanol–water partition coefficient (Wildman–Crippen LogP) is 6.38. The molecular formula is C24H40O2. The molecule has 4 rings (SSSR count). The number of hydrogen-bond acceptors (Lipinski definition) is 2. The number of esters is 1. The summed E-state index contributed by atoms with van der Waals surface area (Å²) in [6, 6.07) is 0. The number of fused-ring (bicyclic) bond motifs is 5. The molecule has 7 atom stereocenters. The van der Waals surface area contributed by atoms with Crippen molar-refractivity contribution in [1.82, 2.24) is 0 Å². The molecule has 0 aromatic heterocycles. The van der Waals surface area contributed by atoms with Crippen LogP contribution >= 0.6 is 0 Å². The lowest BCUT2D eigenvalue weighted by atomic mass is 9.45. The van der Waals surface area contributed by atoms with E-state index < -0.39 is 0 Å². The van der Waals surface area contributed by atoms with E-state index in [-0.39, 0.29) is 5.97 Å². The Hall–Kier alpha value is -0.530. The third kappa shape index (κ3) is 2.94. The summed E-state index contributed by atoms with van der Waals surface area (Å²) in [4.78, 5) is 11.5. The molecule has 0 aliphatic heterocycles. The minimum Gasteiger partial charge on any atom is -0.469 e. The Morgan fingerprint density at radius 3 is 2.54 bits per heavy atom. The first-order chi connectivity index (χ1) is 12.5.